The summed E-state index contributed by atoms with van der Waals surface area (Å²) < 4.78 is 10.9. The smallest absolute Gasteiger partial charge is 0.338 e. The largest absolute Gasteiger partial charge is 0.461 e. The maximum atomic E-state index is 12.2. The van der Waals surface area contributed by atoms with Crippen LogP contribution in [0.5, 0.6) is 0 Å². The quantitative estimate of drug-likeness (QED) is 0.633. The second-order valence-electron chi connectivity index (χ2n) is 7.12. The number of hydrogen-bond acceptors (Lipinski definition) is 3. The van der Waals surface area contributed by atoms with E-state index in [-0.39, 0.29) is 11.9 Å². The minimum Gasteiger partial charge on any atom is -0.461 e. The molecule has 1 aliphatic carbocycles. The highest BCUT2D eigenvalue weighted by Gasteiger charge is 2.18. The van der Waals surface area contributed by atoms with Crippen molar-refractivity contribution in [3.63, 3.8) is 0 Å². The fraction of sp³-hybridized carbons (Fsp3) is 0.435. The van der Waals surface area contributed by atoms with Crippen molar-refractivity contribution in [1.82, 2.24) is 0 Å². The topological polar surface area (TPSA) is 35.5 Å². The van der Waals surface area contributed by atoms with Gasteiger partial charge in [0.15, 0.2) is 0 Å². The fourth-order valence-corrected chi connectivity index (χ4v) is 3.75. The van der Waals surface area contributed by atoms with Crippen molar-refractivity contribution in [1.29, 1.82) is 0 Å². The standard InChI is InChI=1S/C23H28O3/c1-25-16-22(17-26-23(24)21-10-6-3-7-11-21)20-14-12-19(13-15-20)18-8-4-2-5-9-18/h3,6-7,10-15,18,22H,2,4-5,8-9,16-17H2,1H3. The average molecular weight is 352 g/mol. The monoisotopic (exact) mass is 352 g/mol. The van der Waals surface area contributed by atoms with E-state index in [2.05, 4.69) is 24.3 Å². The molecule has 26 heavy (non-hydrogen) atoms. The number of hydrogen-bond donors (Lipinski definition) is 0. The third kappa shape index (κ3) is 4.95. The van der Waals surface area contributed by atoms with Crippen LogP contribution in [-0.4, -0.2) is 26.3 Å². The lowest BCUT2D eigenvalue weighted by Crippen LogP contribution is -2.17. The zero-order valence-corrected chi connectivity index (χ0v) is 15.5. The normalized spacial score (nSPS) is 16.2. The lowest BCUT2D eigenvalue weighted by molar-refractivity contribution is 0.0429. The molecule has 0 aliphatic heterocycles. The number of carbonyl (C=O) groups excluding carboxylic acids is 1. The lowest BCUT2D eigenvalue weighted by atomic mass is 9.83. The van der Waals surface area contributed by atoms with E-state index in [1.54, 1.807) is 19.2 Å². The summed E-state index contributed by atoms with van der Waals surface area (Å²) in [6.07, 6.45) is 6.66. The predicted molar refractivity (Wildman–Crippen MR) is 104 cm³/mol. The van der Waals surface area contributed by atoms with E-state index in [1.807, 2.05) is 18.2 Å². The fourth-order valence-electron chi connectivity index (χ4n) is 3.75. The van der Waals surface area contributed by atoms with Gasteiger partial charge in [-0.15, -0.1) is 0 Å². The van der Waals surface area contributed by atoms with Crippen LogP contribution in [0.4, 0.5) is 0 Å². The van der Waals surface area contributed by atoms with E-state index in [0.29, 0.717) is 24.7 Å². The van der Waals surface area contributed by atoms with Gasteiger partial charge in [-0.05, 0) is 42.0 Å². The SMILES string of the molecule is COCC(COC(=O)c1ccccc1)c1ccc(C2CCCCC2)cc1. The molecule has 3 heteroatoms. The van der Waals surface area contributed by atoms with Crippen LogP contribution in [-0.2, 0) is 9.47 Å². The summed E-state index contributed by atoms with van der Waals surface area (Å²) in [6.45, 7) is 0.856. The number of esters is 1. The maximum absolute atomic E-state index is 12.2. The van der Waals surface area contributed by atoms with Crippen LogP contribution in [0.3, 0.4) is 0 Å². The van der Waals surface area contributed by atoms with Crippen molar-refractivity contribution < 1.29 is 14.3 Å². The highest BCUT2D eigenvalue weighted by Crippen LogP contribution is 2.33. The van der Waals surface area contributed by atoms with Gasteiger partial charge in [0.2, 0.25) is 0 Å². The molecule has 1 fully saturated rings. The molecule has 2 aromatic carbocycles. The first-order chi connectivity index (χ1) is 12.8. The first-order valence-electron chi connectivity index (χ1n) is 9.59. The molecule has 0 saturated heterocycles. The summed E-state index contributed by atoms with van der Waals surface area (Å²) in [5, 5.41) is 0. The number of rotatable bonds is 7. The van der Waals surface area contributed by atoms with Crippen LogP contribution in [0, 0.1) is 0 Å². The van der Waals surface area contributed by atoms with Crippen LogP contribution >= 0.6 is 0 Å². The van der Waals surface area contributed by atoms with Crippen molar-refractivity contribution in [2.45, 2.75) is 43.9 Å². The van der Waals surface area contributed by atoms with E-state index in [9.17, 15) is 4.79 Å². The molecule has 1 aliphatic rings. The zero-order valence-electron chi connectivity index (χ0n) is 15.5. The molecule has 138 valence electrons. The Kier molecular flexibility index (Phi) is 6.84. The number of carbonyl (C=O) groups is 1. The Morgan fingerprint density at radius 1 is 0.962 bits per heavy atom. The summed E-state index contributed by atoms with van der Waals surface area (Å²) in [5.41, 5.74) is 3.18. The molecule has 0 bridgehead atoms. The van der Waals surface area contributed by atoms with Gasteiger partial charge in [0.05, 0.1) is 12.2 Å². The van der Waals surface area contributed by atoms with Gasteiger partial charge in [-0.25, -0.2) is 4.79 Å². The average Bonchev–Trinajstić information content (AvgIpc) is 2.72. The predicted octanol–water partition coefficient (Wildman–Crippen LogP) is 5.32. The summed E-state index contributed by atoms with van der Waals surface area (Å²) in [5.74, 6) is 0.466. The Hall–Kier alpha value is -2.13. The van der Waals surface area contributed by atoms with Crippen molar-refractivity contribution in [3.8, 4) is 0 Å². The van der Waals surface area contributed by atoms with Crippen molar-refractivity contribution in [2.24, 2.45) is 0 Å². The third-order valence-electron chi connectivity index (χ3n) is 5.28. The second kappa shape index (κ2) is 9.54. The van der Waals surface area contributed by atoms with Gasteiger partial charge in [0.1, 0.15) is 6.61 Å². The molecule has 0 heterocycles. The van der Waals surface area contributed by atoms with Gasteiger partial charge in [-0.3, -0.25) is 0 Å². The first kappa shape index (κ1) is 18.7. The summed E-state index contributed by atoms with van der Waals surface area (Å²) in [4.78, 5) is 12.2. The van der Waals surface area contributed by atoms with Gasteiger partial charge in [-0.1, -0.05) is 61.7 Å². The Morgan fingerprint density at radius 3 is 2.31 bits per heavy atom. The summed E-state index contributed by atoms with van der Waals surface area (Å²) in [7, 11) is 1.68. The number of methoxy groups -OCH3 is 1. The lowest BCUT2D eigenvalue weighted by Gasteiger charge is -2.23. The van der Waals surface area contributed by atoms with E-state index >= 15 is 0 Å². The van der Waals surface area contributed by atoms with E-state index in [1.165, 1.54) is 37.7 Å². The van der Waals surface area contributed by atoms with Crippen molar-refractivity contribution in [2.75, 3.05) is 20.3 Å². The maximum Gasteiger partial charge on any atom is 0.338 e. The second-order valence-corrected chi connectivity index (χ2v) is 7.12. The van der Waals surface area contributed by atoms with Crippen LogP contribution in [0.15, 0.2) is 54.6 Å². The first-order valence-corrected chi connectivity index (χ1v) is 9.59. The Balaban J connectivity index is 1.62. The highest BCUT2D eigenvalue weighted by atomic mass is 16.5. The summed E-state index contributed by atoms with van der Waals surface area (Å²) in [6, 6.07) is 17.9. The van der Waals surface area contributed by atoms with Gasteiger partial charge < -0.3 is 9.47 Å². The van der Waals surface area contributed by atoms with Crippen LogP contribution < -0.4 is 0 Å². The molecular weight excluding hydrogens is 324 g/mol. The Labute approximate surface area is 156 Å². The van der Waals surface area contributed by atoms with Gasteiger partial charge in [0.25, 0.3) is 0 Å². The molecule has 1 saturated carbocycles. The van der Waals surface area contributed by atoms with E-state index in [0.717, 1.165) is 5.56 Å². The number of ether oxygens (including phenoxy) is 2. The molecule has 2 aromatic rings. The van der Waals surface area contributed by atoms with Crippen molar-refractivity contribution in [3.05, 3.63) is 71.3 Å². The van der Waals surface area contributed by atoms with Crippen LogP contribution in [0.2, 0.25) is 0 Å². The Morgan fingerprint density at radius 2 is 1.65 bits per heavy atom. The summed E-state index contributed by atoms with van der Waals surface area (Å²) >= 11 is 0. The molecule has 0 amide bonds. The zero-order chi connectivity index (χ0) is 18.2. The van der Waals surface area contributed by atoms with Crippen LogP contribution in [0.25, 0.3) is 0 Å². The molecule has 0 aromatic heterocycles. The van der Waals surface area contributed by atoms with Crippen molar-refractivity contribution >= 4 is 5.97 Å². The molecule has 1 unspecified atom stereocenters. The molecular formula is C23H28O3. The molecule has 0 radical (unpaired) electrons. The van der Waals surface area contributed by atoms with E-state index < -0.39 is 0 Å². The minimum absolute atomic E-state index is 0.0491. The highest BCUT2D eigenvalue weighted by molar-refractivity contribution is 5.89. The van der Waals surface area contributed by atoms with Crippen LogP contribution in [0.1, 0.15) is 65.4 Å². The van der Waals surface area contributed by atoms with Gasteiger partial charge in [-0.2, -0.15) is 0 Å². The minimum atomic E-state index is -0.287. The van der Waals surface area contributed by atoms with E-state index in [4.69, 9.17) is 9.47 Å². The molecule has 1 atom stereocenters. The number of benzene rings is 2. The molecule has 3 rings (SSSR count). The third-order valence-corrected chi connectivity index (χ3v) is 5.28. The van der Waals surface area contributed by atoms with Gasteiger partial charge >= 0.3 is 5.97 Å². The molecule has 0 N–H and O–H groups in total. The molecule has 3 nitrogen and oxygen atoms in total. The Bertz CT molecular complexity index is 672. The van der Waals surface area contributed by atoms with Gasteiger partial charge in [0, 0.05) is 13.0 Å². The molecule has 0 spiro atoms.